The van der Waals surface area contributed by atoms with Gasteiger partial charge in [-0.2, -0.15) is 0 Å². The summed E-state index contributed by atoms with van der Waals surface area (Å²) in [5.74, 6) is 0.605. The van der Waals surface area contributed by atoms with Crippen LogP contribution in [0.5, 0.6) is 0 Å². The van der Waals surface area contributed by atoms with Crippen LogP contribution in [-0.2, 0) is 17.8 Å². The van der Waals surface area contributed by atoms with E-state index in [0.717, 1.165) is 76.6 Å². The lowest BCUT2D eigenvalue weighted by atomic mass is 9.95. The Balaban J connectivity index is 1.17. The number of piperazine rings is 1. The second-order valence-electron chi connectivity index (χ2n) is 7.90. The third-order valence-corrected chi connectivity index (χ3v) is 7.69. The number of hydrogen-bond donors (Lipinski definition) is 0. The zero-order chi connectivity index (χ0) is 19.3. The van der Waals surface area contributed by atoms with Crippen molar-refractivity contribution in [3.8, 4) is 0 Å². The molecule has 5 nitrogen and oxygen atoms in total. The number of hydrogen-bond acceptors (Lipinski definition) is 6. The predicted molar refractivity (Wildman–Crippen MR) is 116 cm³/mol. The summed E-state index contributed by atoms with van der Waals surface area (Å²) in [5.41, 5.74) is 1.17. The summed E-state index contributed by atoms with van der Waals surface area (Å²) < 4.78 is 0. The molecule has 2 aromatic rings. The number of likely N-dealkylation sites (tertiary alicyclic amines) is 1. The number of piperidine rings is 1. The average Bonchev–Trinajstić information content (AvgIpc) is 3.39. The minimum Gasteiger partial charge on any atom is -0.340 e. The standard InChI is InChI=1S/C21H30N4OS2/c1-17-22-19(16-28-17)15-24-7-4-18(5-8-24)21(26)25-12-10-23(11-13-25)9-6-20-3-2-14-27-20/h2-3,14,16,18H,4-13,15H2,1H3. The lowest BCUT2D eigenvalue weighted by molar-refractivity contribution is -0.138. The molecule has 2 aromatic heterocycles. The van der Waals surface area contributed by atoms with Crippen LogP contribution < -0.4 is 0 Å². The minimum atomic E-state index is 0.214. The van der Waals surface area contributed by atoms with Gasteiger partial charge in [0.25, 0.3) is 0 Å². The lowest BCUT2D eigenvalue weighted by Crippen LogP contribution is -2.51. The van der Waals surface area contributed by atoms with Gasteiger partial charge in [-0.1, -0.05) is 6.07 Å². The predicted octanol–water partition coefficient (Wildman–Crippen LogP) is 3.11. The highest BCUT2D eigenvalue weighted by molar-refractivity contribution is 7.10. The van der Waals surface area contributed by atoms with Crippen molar-refractivity contribution in [3.63, 3.8) is 0 Å². The number of aryl methyl sites for hydroxylation is 1. The maximum atomic E-state index is 13.0. The molecule has 4 heterocycles. The first kappa shape index (κ1) is 20.0. The Bertz CT molecular complexity index is 744. The second kappa shape index (κ2) is 9.48. The van der Waals surface area contributed by atoms with Gasteiger partial charge >= 0.3 is 0 Å². The first-order valence-electron chi connectivity index (χ1n) is 10.3. The zero-order valence-electron chi connectivity index (χ0n) is 16.7. The van der Waals surface area contributed by atoms with E-state index in [4.69, 9.17) is 0 Å². The molecule has 2 aliphatic rings. The molecule has 0 unspecified atom stereocenters. The maximum absolute atomic E-state index is 13.0. The Hall–Kier alpha value is -1.28. The summed E-state index contributed by atoms with van der Waals surface area (Å²) in [6.45, 7) is 9.91. The molecule has 2 saturated heterocycles. The van der Waals surface area contributed by atoms with E-state index in [1.165, 1.54) is 10.6 Å². The quantitative estimate of drug-likeness (QED) is 0.723. The number of aromatic nitrogens is 1. The fraction of sp³-hybridized carbons (Fsp3) is 0.619. The second-order valence-corrected chi connectivity index (χ2v) is 10.00. The molecule has 4 rings (SSSR count). The van der Waals surface area contributed by atoms with E-state index in [2.05, 4.69) is 49.5 Å². The Kier molecular flexibility index (Phi) is 6.77. The van der Waals surface area contributed by atoms with Crippen molar-refractivity contribution in [2.24, 2.45) is 5.92 Å². The zero-order valence-corrected chi connectivity index (χ0v) is 18.3. The molecule has 0 N–H and O–H groups in total. The van der Waals surface area contributed by atoms with Crippen LogP contribution in [0.3, 0.4) is 0 Å². The fourth-order valence-corrected chi connectivity index (χ4v) is 5.52. The first-order chi connectivity index (χ1) is 13.7. The number of carbonyl (C=O) groups excluding carboxylic acids is 1. The van der Waals surface area contributed by atoms with Crippen molar-refractivity contribution in [1.29, 1.82) is 0 Å². The highest BCUT2D eigenvalue weighted by atomic mass is 32.1. The Morgan fingerprint density at radius 3 is 2.54 bits per heavy atom. The summed E-state index contributed by atoms with van der Waals surface area (Å²) in [4.78, 5) is 26.0. The van der Waals surface area contributed by atoms with Gasteiger partial charge in [0.15, 0.2) is 0 Å². The number of thiazole rings is 1. The minimum absolute atomic E-state index is 0.214. The van der Waals surface area contributed by atoms with Gasteiger partial charge in [-0.25, -0.2) is 4.98 Å². The molecule has 0 radical (unpaired) electrons. The Morgan fingerprint density at radius 2 is 1.89 bits per heavy atom. The SMILES string of the molecule is Cc1nc(CN2CCC(C(=O)N3CCN(CCc4cccs4)CC3)CC2)cs1. The van der Waals surface area contributed by atoms with Crippen LogP contribution >= 0.6 is 22.7 Å². The molecular weight excluding hydrogens is 388 g/mol. The van der Waals surface area contributed by atoms with Gasteiger partial charge < -0.3 is 4.90 Å². The lowest BCUT2D eigenvalue weighted by Gasteiger charge is -2.38. The van der Waals surface area contributed by atoms with Crippen LogP contribution in [-0.4, -0.2) is 71.4 Å². The summed E-state index contributed by atoms with van der Waals surface area (Å²) in [6, 6.07) is 4.34. The highest BCUT2D eigenvalue weighted by Gasteiger charge is 2.30. The summed E-state index contributed by atoms with van der Waals surface area (Å²) >= 11 is 3.56. The molecule has 2 aliphatic heterocycles. The van der Waals surface area contributed by atoms with Crippen molar-refractivity contribution < 1.29 is 4.79 Å². The topological polar surface area (TPSA) is 39.7 Å². The number of rotatable bonds is 6. The van der Waals surface area contributed by atoms with Crippen LogP contribution in [0.2, 0.25) is 0 Å². The molecule has 28 heavy (non-hydrogen) atoms. The Morgan fingerprint density at radius 1 is 1.11 bits per heavy atom. The van der Waals surface area contributed by atoms with Gasteiger partial charge in [-0.15, -0.1) is 22.7 Å². The first-order valence-corrected chi connectivity index (χ1v) is 12.1. The fourth-order valence-electron chi connectivity index (χ4n) is 4.22. The van der Waals surface area contributed by atoms with E-state index in [9.17, 15) is 4.79 Å². The van der Waals surface area contributed by atoms with Crippen molar-refractivity contribution in [2.45, 2.75) is 32.7 Å². The van der Waals surface area contributed by atoms with E-state index in [1.807, 2.05) is 11.3 Å². The van der Waals surface area contributed by atoms with Crippen LogP contribution in [0.15, 0.2) is 22.9 Å². The summed E-state index contributed by atoms with van der Waals surface area (Å²) in [7, 11) is 0. The van der Waals surface area contributed by atoms with Gasteiger partial charge in [0, 0.05) is 55.4 Å². The number of carbonyl (C=O) groups is 1. The van der Waals surface area contributed by atoms with Gasteiger partial charge in [0.2, 0.25) is 5.91 Å². The molecule has 0 spiro atoms. The highest BCUT2D eigenvalue weighted by Crippen LogP contribution is 2.22. The number of thiophene rings is 1. The van der Waals surface area contributed by atoms with E-state index in [1.54, 1.807) is 11.3 Å². The average molecular weight is 419 g/mol. The molecule has 7 heteroatoms. The van der Waals surface area contributed by atoms with Crippen LogP contribution in [0, 0.1) is 12.8 Å². The number of amides is 1. The molecule has 0 saturated carbocycles. The molecule has 1 amide bonds. The van der Waals surface area contributed by atoms with Gasteiger partial charge in [0.05, 0.1) is 10.7 Å². The Labute approximate surface area is 176 Å². The van der Waals surface area contributed by atoms with Crippen LogP contribution in [0.1, 0.15) is 28.4 Å². The molecule has 0 atom stereocenters. The third kappa shape index (κ3) is 5.20. The van der Waals surface area contributed by atoms with Crippen LogP contribution in [0.4, 0.5) is 0 Å². The molecule has 0 bridgehead atoms. The molecule has 0 aromatic carbocycles. The monoisotopic (exact) mass is 418 g/mol. The van der Waals surface area contributed by atoms with Gasteiger partial charge in [-0.05, 0) is 50.7 Å². The molecule has 0 aliphatic carbocycles. The van der Waals surface area contributed by atoms with Crippen LogP contribution in [0.25, 0.3) is 0 Å². The van der Waals surface area contributed by atoms with E-state index < -0.39 is 0 Å². The van der Waals surface area contributed by atoms with Gasteiger partial charge in [-0.3, -0.25) is 14.6 Å². The third-order valence-electron chi connectivity index (χ3n) is 5.93. The smallest absolute Gasteiger partial charge is 0.225 e. The normalized spacial score (nSPS) is 20.0. The molecular formula is C21H30N4OS2. The largest absolute Gasteiger partial charge is 0.340 e. The summed E-state index contributed by atoms with van der Waals surface area (Å²) in [6.07, 6.45) is 3.10. The van der Waals surface area contributed by atoms with Gasteiger partial charge in [0.1, 0.15) is 0 Å². The molecule has 2 fully saturated rings. The summed E-state index contributed by atoms with van der Waals surface area (Å²) in [5, 5.41) is 5.44. The van der Waals surface area contributed by atoms with Crippen molar-refractivity contribution in [1.82, 2.24) is 19.7 Å². The maximum Gasteiger partial charge on any atom is 0.225 e. The number of nitrogens with zero attached hydrogens (tertiary/aromatic N) is 4. The van der Waals surface area contributed by atoms with Crippen molar-refractivity contribution >= 4 is 28.6 Å². The molecule has 152 valence electrons. The van der Waals surface area contributed by atoms with Crippen molar-refractivity contribution in [2.75, 3.05) is 45.8 Å². The van der Waals surface area contributed by atoms with E-state index >= 15 is 0 Å². The van der Waals surface area contributed by atoms with Crippen molar-refractivity contribution in [3.05, 3.63) is 38.5 Å². The van der Waals surface area contributed by atoms with E-state index in [0.29, 0.717) is 5.91 Å². The van der Waals surface area contributed by atoms with E-state index in [-0.39, 0.29) is 5.92 Å².